The van der Waals surface area contributed by atoms with Crippen molar-refractivity contribution < 1.29 is 0 Å². The minimum Gasteiger partial charge on any atom is -0.310 e. The Labute approximate surface area is 310 Å². The fourth-order valence-electron chi connectivity index (χ4n) is 6.76. The molecule has 250 valence electrons. The third-order valence-electron chi connectivity index (χ3n) is 8.74. The van der Waals surface area contributed by atoms with Crippen LogP contribution in [0.25, 0.3) is 11.1 Å². The zero-order chi connectivity index (χ0) is 35.2. The summed E-state index contributed by atoms with van der Waals surface area (Å²) in [6.45, 7) is 17.2. The summed E-state index contributed by atoms with van der Waals surface area (Å²) in [7, 11) is 0. The first kappa shape index (κ1) is 36.2. The monoisotopic (exact) mass is 772 g/mol. The first-order chi connectivity index (χ1) is 23.6. The summed E-state index contributed by atoms with van der Waals surface area (Å²) < 4.78 is 2.14. The van der Waals surface area contributed by atoms with Gasteiger partial charge >= 0.3 is 0 Å². The van der Waals surface area contributed by atoms with Crippen LogP contribution >= 0.6 is 31.9 Å². The summed E-state index contributed by atoms with van der Waals surface area (Å²) in [6.07, 6.45) is 0.966. The molecule has 0 unspecified atom stereocenters. The van der Waals surface area contributed by atoms with E-state index < -0.39 is 0 Å². The first-order valence-electron chi connectivity index (χ1n) is 17.1. The largest absolute Gasteiger partial charge is 0.310 e. The molecule has 0 aromatic heterocycles. The zero-order valence-corrected chi connectivity index (χ0v) is 33.1. The molecule has 0 spiro atoms. The highest BCUT2D eigenvalue weighted by molar-refractivity contribution is 9.10. The number of aryl methyl sites for hydroxylation is 6. The normalized spacial score (nSPS) is 10.7. The maximum Gasteiger partial charge on any atom is 0.0522 e. The molecule has 0 heterocycles. The number of nitrogens with zero attached hydrogens (tertiary/aromatic N) is 2. The molecule has 0 aliphatic rings. The summed E-state index contributed by atoms with van der Waals surface area (Å²) in [6, 6.07) is 44.2. The lowest BCUT2D eigenvalue weighted by Crippen LogP contribution is -2.14. The van der Waals surface area contributed by atoms with Gasteiger partial charge in [0, 0.05) is 31.7 Å². The van der Waals surface area contributed by atoms with Crippen LogP contribution in [0.2, 0.25) is 0 Å². The fourth-order valence-corrected chi connectivity index (χ4v) is 7.29. The summed E-state index contributed by atoms with van der Waals surface area (Å²) in [5, 5.41) is 0. The molecule has 6 aromatic rings. The van der Waals surface area contributed by atoms with E-state index in [2.05, 4.69) is 205 Å². The standard InChI is InChI=1S/C43H40Br2N2.C2H6/c1-7-33-27-29(3)26-32(6)43(33)47(41-22-14-37(45)15-23-41)39-18-10-35(11-19-39)34-8-16-38(17-9-34)46(40-20-12-36(44)13-21-40)42-30(4)24-28(2)25-31(42)5;1-2/h8-27H,7H2,1-6H3;1-2H3. The summed E-state index contributed by atoms with van der Waals surface area (Å²) >= 11 is 7.24. The molecule has 0 fully saturated rings. The van der Waals surface area contributed by atoms with Gasteiger partial charge in [-0.1, -0.05) is 112 Å². The fraction of sp³-hybridized carbons (Fsp3) is 0.200. The predicted molar refractivity (Wildman–Crippen MR) is 221 cm³/mol. The maximum atomic E-state index is 3.62. The van der Waals surface area contributed by atoms with E-state index in [0.717, 1.165) is 38.1 Å². The van der Waals surface area contributed by atoms with Crippen LogP contribution in [0.15, 0.2) is 130 Å². The molecule has 6 rings (SSSR count). The van der Waals surface area contributed by atoms with Crippen LogP contribution in [0.4, 0.5) is 34.1 Å². The van der Waals surface area contributed by atoms with E-state index in [0.29, 0.717) is 0 Å². The molecule has 0 saturated carbocycles. The lowest BCUT2D eigenvalue weighted by atomic mass is 9.99. The van der Waals surface area contributed by atoms with Crippen molar-refractivity contribution >= 4 is 66.0 Å². The van der Waals surface area contributed by atoms with E-state index in [-0.39, 0.29) is 0 Å². The van der Waals surface area contributed by atoms with Crippen LogP contribution in [-0.2, 0) is 6.42 Å². The van der Waals surface area contributed by atoms with E-state index >= 15 is 0 Å². The van der Waals surface area contributed by atoms with Gasteiger partial charge in [0.25, 0.3) is 0 Å². The summed E-state index contributed by atoms with van der Waals surface area (Å²) in [4.78, 5) is 4.77. The van der Waals surface area contributed by atoms with Crippen molar-refractivity contribution in [3.8, 4) is 11.1 Å². The van der Waals surface area contributed by atoms with Crippen molar-refractivity contribution in [1.82, 2.24) is 0 Å². The SMILES string of the molecule is CC.CCc1cc(C)cc(C)c1N(c1ccc(Br)cc1)c1ccc(-c2ccc(N(c3ccc(Br)cc3)c3c(C)cc(C)cc3C)cc2)cc1. The molecule has 0 aliphatic carbocycles. The van der Waals surface area contributed by atoms with Gasteiger partial charge in [-0.15, -0.1) is 0 Å². The Balaban J connectivity index is 0.00000230. The van der Waals surface area contributed by atoms with Crippen LogP contribution in [-0.4, -0.2) is 0 Å². The van der Waals surface area contributed by atoms with E-state index in [4.69, 9.17) is 0 Å². The summed E-state index contributed by atoms with van der Waals surface area (Å²) in [5.74, 6) is 0. The van der Waals surface area contributed by atoms with Gasteiger partial charge < -0.3 is 9.80 Å². The molecular formula is C45H46Br2N2. The third kappa shape index (κ3) is 8.03. The van der Waals surface area contributed by atoms with Crippen LogP contribution in [0, 0.1) is 34.6 Å². The van der Waals surface area contributed by atoms with Gasteiger partial charge in [0.15, 0.2) is 0 Å². The Kier molecular flexibility index (Phi) is 11.9. The Morgan fingerprint density at radius 2 is 0.735 bits per heavy atom. The number of hydrogen-bond acceptors (Lipinski definition) is 2. The van der Waals surface area contributed by atoms with Crippen LogP contribution in [0.1, 0.15) is 54.2 Å². The molecule has 0 N–H and O–H groups in total. The minimum absolute atomic E-state index is 0.966. The Morgan fingerprint density at radius 3 is 1.10 bits per heavy atom. The van der Waals surface area contributed by atoms with Gasteiger partial charge in [-0.05, 0) is 147 Å². The second kappa shape index (κ2) is 16.1. The van der Waals surface area contributed by atoms with Crippen molar-refractivity contribution in [3.63, 3.8) is 0 Å². The molecule has 4 heteroatoms. The smallest absolute Gasteiger partial charge is 0.0522 e. The average Bonchev–Trinajstić information content (AvgIpc) is 3.10. The van der Waals surface area contributed by atoms with Crippen molar-refractivity contribution in [2.45, 2.75) is 61.8 Å². The number of anilines is 6. The van der Waals surface area contributed by atoms with E-state index in [1.54, 1.807) is 0 Å². The molecule has 6 aromatic carbocycles. The average molecular weight is 775 g/mol. The molecule has 0 amide bonds. The van der Waals surface area contributed by atoms with Crippen molar-refractivity contribution in [2.75, 3.05) is 9.80 Å². The Hall–Kier alpha value is -4.12. The van der Waals surface area contributed by atoms with Crippen molar-refractivity contribution in [1.29, 1.82) is 0 Å². The van der Waals surface area contributed by atoms with Gasteiger partial charge in [-0.2, -0.15) is 0 Å². The molecular weight excluding hydrogens is 728 g/mol. The first-order valence-corrected chi connectivity index (χ1v) is 18.7. The van der Waals surface area contributed by atoms with E-state index in [1.807, 2.05) is 13.8 Å². The van der Waals surface area contributed by atoms with E-state index in [9.17, 15) is 0 Å². The highest BCUT2D eigenvalue weighted by Gasteiger charge is 2.20. The van der Waals surface area contributed by atoms with Gasteiger partial charge in [0.05, 0.1) is 11.4 Å². The number of hydrogen-bond donors (Lipinski definition) is 0. The van der Waals surface area contributed by atoms with Gasteiger partial charge in [0.2, 0.25) is 0 Å². The van der Waals surface area contributed by atoms with Gasteiger partial charge in [-0.25, -0.2) is 0 Å². The van der Waals surface area contributed by atoms with Crippen molar-refractivity contribution in [2.24, 2.45) is 0 Å². The quantitative estimate of drug-likeness (QED) is 0.152. The molecule has 49 heavy (non-hydrogen) atoms. The summed E-state index contributed by atoms with van der Waals surface area (Å²) in [5.41, 5.74) is 17.1. The van der Waals surface area contributed by atoms with Crippen LogP contribution in [0.5, 0.6) is 0 Å². The molecule has 0 aliphatic heterocycles. The lowest BCUT2D eigenvalue weighted by molar-refractivity contribution is 1.09. The molecule has 0 saturated heterocycles. The lowest BCUT2D eigenvalue weighted by Gasteiger charge is -2.30. The highest BCUT2D eigenvalue weighted by atomic mass is 79.9. The molecule has 2 nitrogen and oxygen atoms in total. The van der Waals surface area contributed by atoms with E-state index in [1.165, 1.54) is 55.9 Å². The third-order valence-corrected chi connectivity index (χ3v) is 9.80. The second-order valence-electron chi connectivity index (χ2n) is 12.4. The maximum absolute atomic E-state index is 3.62. The highest BCUT2D eigenvalue weighted by Crippen LogP contribution is 2.42. The van der Waals surface area contributed by atoms with Gasteiger partial charge in [-0.3, -0.25) is 0 Å². The minimum atomic E-state index is 0.966. The Morgan fingerprint density at radius 1 is 0.429 bits per heavy atom. The number of rotatable bonds is 8. The number of benzene rings is 6. The molecule has 0 bridgehead atoms. The second-order valence-corrected chi connectivity index (χ2v) is 14.2. The zero-order valence-electron chi connectivity index (χ0n) is 29.9. The van der Waals surface area contributed by atoms with Crippen molar-refractivity contribution in [3.05, 3.63) is 164 Å². The number of halogens is 2. The van der Waals surface area contributed by atoms with Crippen LogP contribution in [0.3, 0.4) is 0 Å². The molecule has 0 radical (unpaired) electrons. The van der Waals surface area contributed by atoms with Crippen LogP contribution < -0.4 is 9.80 Å². The predicted octanol–water partition coefficient (Wildman–Crippen LogP) is 14.9. The van der Waals surface area contributed by atoms with Gasteiger partial charge in [0.1, 0.15) is 0 Å². The molecule has 0 atom stereocenters. The Bertz CT molecular complexity index is 1990. The topological polar surface area (TPSA) is 6.48 Å².